The molecule has 20 heavy (non-hydrogen) atoms. The molecule has 0 aliphatic carbocycles. The summed E-state index contributed by atoms with van der Waals surface area (Å²) in [6, 6.07) is 6.15. The Morgan fingerprint density at radius 2 is 2.10 bits per heavy atom. The molecule has 1 aliphatic rings. The van der Waals surface area contributed by atoms with Crippen LogP contribution in [0.5, 0.6) is 0 Å². The van der Waals surface area contributed by atoms with Gasteiger partial charge in [0.2, 0.25) is 5.91 Å². The molecule has 2 rings (SSSR count). The van der Waals surface area contributed by atoms with E-state index in [2.05, 4.69) is 17.1 Å². The van der Waals surface area contributed by atoms with Gasteiger partial charge in [0.25, 0.3) is 0 Å². The van der Waals surface area contributed by atoms with Crippen LogP contribution in [0.1, 0.15) is 42.1 Å². The molecular formula is C16H25N3O. The number of carbonyl (C=O) groups excluding carboxylic acids is 1. The molecule has 1 aliphatic heterocycles. The first kappa shape index (κ1) is 14.9. The number of nitrogens with one attached hydrogen (secondary N) is 1. The highest BCUT2D eigenvalue weighted by Crippen LogP contribution is 2.21. The Hall–Kier alpha value is -1.55. The number of piperidine rings is 1. The third-order valence-electron chi connectivity index (χ3n) is 4.00. The van der Waals surface area contributed by atoms with Crippen LogP contribution in [0.4, 0.5) is 5.69 Å². The first-order chi connectivity index (χ1) is 9.60. The van der Waals surface area contributed by atoms with Gasteiger partial charge in [-0.2, -0.15) is 0 Å². The van der Waals surface area contributed by atoms with Crippen LogP contribution in [0.3, 0.4) is 0 Å². The molecule has 1 aromatic carbocycles. The fourth-order valence-corrected chi connectivity index (χ4v) is 2.82. The van der Waals surface area contributed by atoms with Crippen molar-refractivity contribution in [3.8, 4) is 0 Å². The minimum absolute atomic E-state index is 0.368. The van der Waals surface area contributed by atoms with E-state index in [4.69, 9.17) is 5.73 Å². The summed E-state index contributed by atoms with van der Waals surface area (Å²) >= 11 is 0. The Kier molecular flexibility index (Phi) is 5.01. The molecule has 1 fully saturated rings. The number of hydrogen-bond acceptors (Lipinski definition) is 3. The molecule has 0 unspecified atom stereocenters. The highest BCUT2D eigenvalue weighted by atomic mass is 16.1. The summed E-state index contributed by atoms with van der Waals surface area (Å²) in [5.74, 6) is -0.368. The Bertz CT molecular complexity index is 465. The van der Waals surface area contributed by atoms with Gasteiger partial charge in [0.05, 0.1) is 0 Å². The molecule has 0 aromatic heterocycles. The van der Waals surface area contributed by atoms with Crippen molar-refractivity contribution in [1.29, 1.82) is 0 Å². The van der Waals surface area contributed by atoms with Crippen molar-refractivity contribution >= 4 is 11.6 Å². The number of anilines is 1. The molecule has 0 atom stereocenters. The normalized spacial score (nSPS) is 17.1. The van der Waals surface area contributed by atoms with Crippen molar-refractivity contribution in [3.05, 3.63) is 29.3 Å². The van der Waals surface area contributed by atoms with E-state index in [1.54, 1.807) is 6.07 Å². The number of rotatable bonds is 5. The molecule has 0 spiro atoms. The minimum Gasteiger partial charge on any atom is -0.382 e. The van der Waals surface area contributed by atoms with E-state index in [9.17, 15) is 4.79 Å². The highest BCUT2D eigenvalue weighted by molar-refractivity contribution is 5.93. The van der Waals surface area contributed by atoms with Crippen LogP contribution in [-0.4, -0.2) is 36.5 Å². The maximum atomic E-state index is 11.1. The van der Waals surface area contributed by atoms with Gasteiger partial charge in [-0.1, -0.05) is 6.92 Å². The zero-order valence-electron chi connectivity index (χ0n) is 12.5. The predicted molar refractivity (Wildman–Crippen MR) is 83.1 cm³/mol. The predicted octanol–water partition coefficient (Wildman–Crippen LogP) is 2.38. The molecular weight excluding hydrogens is 250 g/mol. The van der Waals surface area contributed by atoms with Crippen LogP contribution in [0, 0.1) is 6.92 Å². The van der Waals surface area contributed by atoms with Crippen LogP contribution >= 0.6 is 0 Å². The number of benzene rings is 1. The largest absolute Gasteiger partial charge is 0.382 e. The SMILES string of the molecule is CCCN1CCC(Nc2ccc(C(N)=O)cc2C)CC1. The zero-order chi connectivity index (χ0) is 14.5. The lowest BCUT2D eigenvalue weighted by molar-refractivity contribution is 0.1000. The fraction of sp³-hybridized carbons (Fsp3) is 0.562. The molecule has 0 bridgehead atoms. The molecule has 4 heteroatoms. The summed E-state index contributed by atoms with van der Waals surface area (Å²) in [5, 5.41) is 3.60. The summed E-state index contributed by atoms with van der Waals surface area (Å²) in [4.78, 5) is 13.7. The van der Waals surface area contributed by atoms with Crippen LogP contribution in [0.25, 0.3) is 0 Å². The molecule has 110 valence electrons. The number of primary amides is 1. The first-order valence-corrected chi connectivity index (χ1v) is 7.49. The lowest BCUT2D eigenvalue weighted by atomic mass is 10.0. The smallest absolute Gasteiger partial charge is 0.248 e. The van der Waals surface area contributed by atoms with Gasteiger partial charge in [0, 0.05) is 30.4 Å². The first-order valence-electron chi connectivity index (χ1n) is 7.49. The van der Waals surface area contributed by atoms with Crippen molar-refractivity contribution in [2.24, 2.45) is 5.73 Å². The topological polar surface area (TPSA) is 58.4 Å². The molecule has 3 N–H and O–H groups in total. The number of nitrogens with zero attached hydrogens (tertiary/aromatic N) is 1. The molecule has 4 nitrogen and oxygen atoms in total. The number of amides is 1. The van der Waals surface area contributed by atoms with Crippen molar-refractivity contribution in [2.75, 3.05) is 25.0 Å². The Balaban J connectivity index is 1.93. The summed E-state index contributed by atoms with van der Waals surface area (Å²) in [7, 11) is 0. The average Bonchev–Trinajstić information content (AvgIpc) is 2.43. The van der Waals surface area contributed by atoms with Crippen LogP contribution < -0.4 is 11.1 Å². The fourth-order valence-electron chi connectivity index (χ4n) is 2.82. The van der Waals surface area contributed by atoms with Gasteiger partial charge in [-0.15, -0.1) is 0 Å². The summed E-state index contributed by atoms with van der Waals surface area (Å²) < 4.78 is 0. The monoisotopic (exact) mass is 275 g/mol. The second kappa shape index (κ2) is 6.75. The van der Waals surface area contributed by atoms with Crippen LogP contribution in [0.15, 0.2) is 18.2 Å². The Labute approximate surface area is 121 Å². The maximum absolute atomic E-state index is 11.1. The van der Waals surface area contributed by atoms with E-state index in [1.165, 1.54) is 38.9 Å². The van der Waals surface area contributed by atoms with Gasteiger partial charge >= 0.3 is 0 Å². The number of likely N-dealkylation sites (tertiary alicyclic amines) is 1. The molecule has 1 heterocycles. The standard InChI is InChI=1S/C16H25N3O/c1-3-8-19-9-6-14(7-10-19)18-15-5-4-13(16(17)20)11-12(15)2/h4-5,11,14,18H,3,6-10H2,1-2H3,(H2,17,20). The summed E-state index contributed by atoms with van der Waals surface area (Å²) in [6.07, 6.45) is 3.58. The second-order valence-electron chi connectivity index (χ2n) is 5.65. The van der Waals surface area contributed by atoms with Crippen molar-refractivity contribution in [2.45, 2.75) is 39.2 Å². The Morgan fingerprint density at radius 3 is 2.65 bits per heavy atom. The van der Waals surface area contributed by atoms with E-state index in [0.717, 1.165) is 11.3 Å². The second-order valence-corrected chi connectivity index (χ2v) is 5.65. The number of nitrogens with two attached hydrogens (primary N) is 1. The van der Waals surface area contributed by atoms with E-state index >= 15 is 0 Å². The highest BCUT2D eigenvalue weighted by Gasteiger charge is 2.18. The average molecular weight is 275 g/mol. The van der Waals surface area contributed by atoms with Crippen LogP contribution in [0.2, 0.25) is 0 Å². The van der Waals surface area contributed by atoms with E-state index in [0.29, 0.717) is 11.6 Å². The molecule has 1 saturated heterocycles. The number of hydrogen-bond donors (Lipinski definition) is 2. The molecule has 0 radical (unpaired) electrons. The summed E-state index contributed by atoms with van der Waals surface area (Å²) in [6.45, 7) is 7.79. The quantitative estimate of drug-likeness (QED) is 0.867. The van der Waals surface area contributed by atoms with Gasteiger partial charge in [-0.3, -0.25) is 4.79 Å². The van der Waals surface area contributed by atoms with Gasteiger partial charge in [0.1, 0.15) is 0 Å². The minimum atomic E-state index is -0.368. The van der Waals surface area contributed by atoms with Gasteiger partial charge in [0.15, 0.2) is 0 Å². The summed E-state index contributed by atoms with van der Waals surface area (Å²) in [5.41, 5.74) is 8.07. The van der Waals surface area contributed by atoms with E-state index < -0.39 is 0 Å². The van der Waals surface area contributed by atoms with Gasteiger partial charge in [-0.25, -0.2) is 0 Å². The number of aryl methyl sites for hydroxylation is 1. The molecule has 0 saturated carbocycles. The lowest BCUT2D eigenvalue weighted by Crippen LogP contribution is -2.39. The zero-order valence-corrected chi connectivity index (χ0v) is 12.5. The van der Waals surface area contributed by atoms with Gasteiger partial charge < -0.3 is 16.0 Å². The Morgan fingerprint density at radius 1 is 1.40 bits per heavy atom. The van der Waals surface area contributed by atoms with Crippen LogP contribution in [-0.2, 0) is 0 Å². The van der Waals surface area contributed by atoms with Crippen molar-refractivity contribution < 1.29 is 4.79 Å². The van der Waals surface area contributed by atoms with Gasteiger partial charge in [-0.05, 0) is 56.5 Å². The van der Waals surface area contributed by atoms with Crippen molar-refractivity contribution in [1.82, 2.24) is 4.90 Å². The maximum Gasteiger partial charge on any atom is 0.248 e. The van der Waals surface area contributed by atoms with E-state index in [1.807, 2.05) is 19.1 Å². The third kappa shape index (κ3) is 3.73. The van der Waals surface area contributed by atoms with E-state index in [-0.39, 0.29) is 5.91 Å². The number of carbonyl (C=O) groups is 1. The van der Waals surface area contributed by atoms with Crippen molar-refractivity contribution in [3.63, 3.8) is 0 Å². The third-order valence-corrected chi connectivity index (χ3v) is 4.00. The molecule has 1 amide bonds. The molecule has 1 aromatic rings. The lowest BCUT2D eigenvalue weighted by Gasteiger charge is -2.33.